The lowest BCUT2D eigenvalue weighted by atomic mass is 10.1. The van der Waals surface area contributed by atoms with Crippen molar-refractivity contribution >= 4 is 21.6 Å². The van der Waals surface area contributed by atoms with Crippen molar-refractivity contribution in [3.8, 4) is 16.9 Å². The van der Waals surface area contributed by atoms with Crippen LogP contribution in [0.5, 0.6) is 0 Å². The van der Waals surface area contributed by atoms with Crippen molar-refractivity contribution in [3.05, 3.63) is 59.2 Å². The predicted octanol–water partition coefficient (Wildman–Crippen LogP) is 4.16. The third-order valence-corrected chi connectivity index (χ3v) is 4.62. The lowest BCUT2D eigenvalue weighted by Crippen LogP contribution is -1.98. The summed E-state index contributed by atoms with van der Waals surface area (Å²) in [5.74, 6) is 0. The summed E-state index contributed by atoms with van der Waals surface area (Å²) in [6.45, 7) is 4.07. The molecule has 0 spiro atoms. The SMILES string of the molecule is Cc1nc2cc(-c3nnn(-c4ccccc4)c3C)ccc2s1. The molecule has 108 valence electrons. The van der Waals surface area contributed by atoms with E-state index in [9.17, 15) is 0 Å². The van der Waals surface area contributed by atoms with Gasteiger partial charge in [-0.05, 0) is 38.1 Å². The summed E-state index contributed by atoms with van der Waals surface area (Å²) in [5.41, 5.74) is 5.02. The van der Waals surface area contributed by atoms with Crippen LogP contribution in [0.2, 0.25) is 0 Å². The fourth-order valence-corrected chi connectivity index (χ4v) is 3.41. The van der Waals surface area contributed by atoms with Crippen LogP contribution in [-0.2, 0) is 0 Å². The normalized spacial score (nSPS) is 11.2. The first kappa shape index (κ1) is 13.2. The largest absolute Gasteiger partial charge is 0.241 e. The van der Waals surface area contributed by atoms with E-state index < -0.39 is 0 Å². The molecule has 5 heteroatoms. The molecular weight excluding hydrogens is 292 g/mol. The van der Waals surface area contributed by atoms with Crippen LogP contribution in [-0.4, -0.2) is 20.0 Å². The molecular formula is C17H14N4S. The highest BCUT2D eigenvalue weighted by Crippen LogP contribution is 2.28. The number of rotatable bonds is 2. The van der Waals surface area contributed by atoms with Crippen molar-refractivity contribution in [2.45, 2.75) is 13.8 Å². The predicted molar refractivity (Wildman–Crippen MR) is 89.4 cm³/mol. The van der Waals surface area contributed by atoms with Crippen molar-refractivity contribution in [1.82, 2.24) is 20.0 Å². The van der Waals surface area contributed by atoms with Gasteiger partial charge in [0.05, 0.1) is 26.6 Å². The van der Waals surface area contributed by atoms with Gasteiger partial charge in [0.2, 0.25) is 0 Å². The molecule has 0 bridgehead atoms. The van der Waals surface area contributed by atoms with E-state index >= 15 is 0 Å². The van der Waals surface area contributed by atoms with Crippen molar-refractivity contribution in [1.29, 1.82) is 0 Å². The van der Waals surface area contributed by atoms with Crippen LogP contribution in [0.1, 0.15) is 10.7 Å². The third-order valence-electron chi connectivity index (χ3n) is 3.66. The Labute approximate surface area is 132 Å². The molecule has 0 saturated carbocycles. The molecule has 0 radical (unpaired) electrons. The van der Waals surface area contributed by atoms with Crippen molar-refractivity contribution in [2.24, 2.45) is 0 Å². The number of benzene rings is 2. The van der Waals surface area contributed by atoms with Crippen LogP contribution in [0.4, 0.5) is 0 Å². The molecule has 0 amide bonds. The first-order valence-electron chi connectivity index (χ1n) is 7.07. The van der Waals surface area contributed by atoms with Crippen molar-refractivity contribution in [2.75, 3.05) is 0 Å². The Morgan fingerprint density at radius 3 is 2.64 bits per heavy atom. The highest BCUT2D eigenvalue weighted by molar-refractivity contribution is 7.18. The summed E-state index contributed by atoms with van der Waals surface area (Å²) in [5, 5.41) is 9.74. The number of aromatic nitrogens is 4. The first-order chi connectivity index (χ1) is 10.7. The average Bonchev–Trinajstić information content (AvgIpc) is 3.09. The highest BCUT2D eigenvalue weighted by Gasteiger charge is 2.13. The lowest BCUT2D eigenvalue weighted by Gasteiger charge is -2.03. The standard InChI is InChI=1S/C17H14N4S/c1-11-17(19-20-21(11)14-6-4-3-5-7-14)13-8-9-16-15(10-13)18-12(2)22-16/h3-10H,1-2H3. The van der Waals surface area contributed by atoms with Gasteiger partial charge >= 0.3 is 0 Å². The number of thiazole rings is 1. The number of hydrogen-bond acceptors (Lipinski definition) is 4. The molecule has 2 aromatic carbocycles. The van der Waals surface area contributed by atoms with Gasteiger partial charge in [-0.2, -0.15) is 0 Å². The second-order valence-corrected chi connectivity index (χ2v) is 6.42. The summed E-state index contributed by atoms with van der Waals surface area (Å²) in [6, 6.07) is 16.3. The monoisotopic (exact) mass is 306 g/mol. The number of fused-ring (bicyclic) bond motifs is 1. The van der Waals surface area contributed by atoms with Gasteiger partial charge in [0.15, 0.2) is 0 Å². The summed E-state index contributed by atoms with van der Waals surface area (Å²) in [6.07, 6.45) is 0. The number of nitrogens with zero attached hydrogens (tertiary/aromatic N) is 4. The lowest BCUT2D eigenvalue weighted by molar-refractivity contribution is 0.785. The number of aryl methyl sites for hydroxylation is 1. The number of para-hydroxylation sites is 1. The van der Waals surface area contributed by atoms with E-state index in [2.05, 4.69) is 33.5 Å². The molecule has 0 fully saturated rings. The molecule has 4 aromatic rings. The maximum Gasteiger partial charge on any atom is 0.116 e. The maximum atomic E-state index is 4.56. The summed E-state index contributed by atoms with van der Waals surface area (Å²) < 4.78 is 3.07. The van der Waals surface area contributed by atoms with Crippen molar-refractivity contribution in [3.63, 3.8) is 0 Å². The molecule has 4 nitrogen and oxygen atoms in total. The maximum absolute atomic E-state index is 4.56. The number of hydrogen-bond donors (Lipinski definition) is 0. The van der Waals surface area contributed by atoms with Crippen LogP contribution in [0.15, 0.2) is 48.5 Å². The Morgan fingerprint density at radius 1 is 1.00 bits per heavy atom. The Balaban J connectivity index is 1.83. The summed E-state index contributed by atoms with van der Waals surface area (Å²) in [7, 11) is 0. The van der Waals surface area contributed by atoms with Gasteiger partial charge in [0.25, 0.3) is 0 Å². The molecule has 2 heterocycles. The van der Waals surface area contributed by atoms with E-state index in [4.69, 9.17) is 0 Å². The molecule has 22 heavy (non-hydrogen) atoms. The molecule has 0 aliphatic carbocycles. The highest BCUT2D eigenvalue weighted by atomic mass is 32.1. The fraction of sp³-hybridized carbons (Fsp3) is 0.118. The smallest absolute Gasteiger partial charge is 0.116 e. The van der Waals surface area contributed by atoms with E-state index in [0.29, 0.717) is 0 Å². The molecule has 0 unspecified atom stereocenters. The minimum atomic E-state index is 0.899. The molecule has 0 saturated heterocycles. The van der Waals surface area contributed by atoms with Gasteiger partial charge in [-0.3, -0.25) is 0 Å². The van der Waals surface area contributed by atoms with Crippen LogP contribution in [0.25, 0.3) is 27.2 Å². The first-order valence-corrected chi connectivity index (χ1v) is 7.89. The fourth-order valence-electron chi connectivity index (χ4n) is 2.60. The Hall–Kier alpha value is -2.53. The van der Waals surface area contributed by atoms with E-state index in [-0.39, 0.29) is 0 Å². The quantitative estimate of drug-likeness (QED) is 0.558. The summed E-state index contributed by atoms with van der Waals surface area (Å²) in [4.78, 5) is 4.56. The second kappa shape index (κ2) is 5.03. The van der Waals surface area contributed by atoms with E-state index in [0.717, 1.165) is 33.2 Å². The zero-order valence-corrected chi connectivity index (χ0v) is 13.1. The average molecular weight is 306 g/mol. The molecule has 0 aliphatic rings. The zero-order chi connectivity index (χ0) is 15.1. The topological polar surface area (TPSA) is 43.6 Å². The van der Waals surface area contributed by atoms with Crippen molar-refractivity contribution < 1.29 is 0 Å². The van der Waals surface area contributed by atoms with E-state index in [1.54, 1.807) is 11.3 Å². The van der Waals surface area contributed by atoms with Gasteiger partial charge in [-0.25, -0.2) is 9.67 Å². The third kappa shape index (κ3) is 2.10. The molecule has 0 atom stereocenters. The zero-order valence-electron chi connectivity index (χ0n) is 12.3. The Morgan fingerprint density at radius 2 is 1.82 bits per heavy atom. The minimum absolute atomic E-state index is 0.899. The van der Waals surface area contributed by atoms with Crippen LogP contribution < -0.4 is 0 Å². The molecule has 2 aromatic heterocycles. The van der Waals surface area contributed by atoms with Crippen LogP contribution in [0, 0.1) is 13.8 Å². The Kier molecular flexibility index (Phi) is 3.01. The Bertz CT molecular complexity index is 953. The molecule has 0 aliphatic heterocycles. The van der Waals surface area contributed by atoms with Gasteiger partial charge < -0.3 is 0 Å². The van der Waals surface area contributed by atoms with Gasteiger partial charge in [-0.1, -0.05) is 29.5 Å². The molecule has 0 N–H and O–H groups in total. The minimum Gasteiger partial charge on any atom is -0.241 e. The van der Waals surface area contributed by atoms with Gasteiger partial charge in [-0.15, -0.1) is 16.4 Å². The summed E-state index contributed by atoms with van der Waals surface area (Å²) >= 11 is 1.71. The van der Waals surface area contributed by atoms with Gasteiger partial charge in [0, 0.05) is 5.56 Å². The van der Waals surface area contributed by atoms with E-state index in [1.165, 1.54) is 4.70 Å². The van der Waals surface area contributed by atoms with E-state index in [1.807, 2.05) is 48.9 Å². The van der Waals surface area contributed by atoms with Crippen LogP contribution in [0.3, 0.4) is 0 Å². The molecule has 4 rings (SSSR count). The van der Waals surface area contributed by atoms with Gasteiger partial charge in [0.1, 0.15) is 5.69 Å². The van der Waals surface area contributed by atoms with Crippen LogP contribution >= 0.6 is 11.3 Å². The second-order valence-electron chi connectivity index (χ2n) is 5.19.